The van der Waals surface area contributed by atoms with Gasteiger partial charge >= 0.3 is 7.12 Å². The Morgan fingerprint density at radius 3 is 2.77 bits per heavy atom. The summed E-state index contributed by atoms with van der Waals surface area (Å²) in [5.74, 6) is 0.556. The minimum atomic E-state index is -1.57. The average Bonchev–Trinajstić information content (AvgIpc) is 3.11. The van der Waals surface area contributed by atoms with E-state index in [-0.39, 0.29) is 0 Å². The van der Waals surface area contributed by atoms with Crippen LogP contribution >= 0.6 is 11.3 Å². The second kappa shape index (κ2) is 8.62. The van der Waals surface area contributed by atoms with Crippen molar-refractivity contribution >= 4 is 35.3 Å². The van der Waals surface area contributed by atoms with Crippen LogP contribution in [0.4, 0.5) is 5.13 Å². The van der Waals surface area contributed by atoms with Gasteiger partial charge in [-0.05, 0) is 30.1 Å². The molecular weight excluding hydrogens is 349 g/mol. The lowest BCUT2D eigenvalue weighted by molar-refractivity contribution is 0.340. The van der Waals surface area contributed by atoms with E-state index in [1.165, 1.54) is 11.3 Å². The number of hydrazone groups is 1. The molecule has 0 aliphatic heterocycles. The predicted octanol–water partition coefficient (Wildman–Crippen LogP) is 2.33. The molecule has 0 unspecified atom stereocenters. The number of rotatable bonds is 7. The maximum Gasteiger partial charge on any atom is 0.488 e. The number of hydrogen-bond acceptors (Lipinski definition) is 7. The number of benzene rings is 2. The van der Waals surface area contributed by atoms with Crippen molar-refractivity contribution in [3.63, 3.8) is 0 Å². The van der Waals surface area contributed by atoms with Gasteiger partial charge in [0, 0.05) is 10.9 Å². The molecule has 0 amide bonds. The van der Waals surface area contributed by atoms with Gasteiger partial charge in [-0.15, -0.1) is 11.3 Å². The van der Waals surface area contributed by atoms with Crippen LogP contribution in [0, 0.1) is 0 Å². The SMILES string of the molecule is CCOc1cc(C=NNc2nc(-c3ccccc3)cs2)cc(B(O)O)c1. The van der Waals surface area contributed by atoms with Crippen molar-refractivity contribution in [2.45, 2.75) is 6.92 Å². The summed E-state index contributed by atoms with van der Waals surface area (Å²) < 4.78 is 5.44. The lowest BCUT2D eigenvalue weighted by Crippen LogP contribution is -2.30. The molecule has 0 saturated heterocycles. The predicted molar refractivity (Wildman–Crippen MR) is 106 cm³/mol. The van der Waals surface area contributed by atoms with Gasteiger partial charge in [0.05, 0.1) is 18.5 Å². The number of ether oxygens (including phenoxy) is 1. The van der Waals surface area contributed by atoms with Crippen LogP contribution in [0.15, 0.2) is 59.0 Å². The zero-order valence-corrected chi connectivity index (χ0v) is 15.0. The summed E-state index contributed by atoms with van der Waals surface area (Å²) in [6, 6.07) is 14.9. The first kappa shape index (κ1) is 18.1. The number of thiazole rings is 1. The number of hydrogen-bond donors (Lipinski definition) is 3. The van der Waals surface area contributed by atoms with E-state index in [1.807, 2.05) is 42.6 Å². The third kappa shape index (κ3) is 4.69. The molecule has 1 aromatic heterocycles. The van der Waals surface area contributed by atoms with E-state index in [4.69, 9.17) is 4.74 Å². The molecule has 0 radical (unpaired) electrons. The molecule has 132 valence electrons. The van der Waals surface area contributed by atoms with Crippen LogP contribution < -0.4 is 15.6 Å². The first-order valence-electron chi connectivity index (χ1n) is 8.09. The van der Waals surface area contributed by atoms with E-state index in [1.54, 1.807) is 24.4 Å². The molecule has 3 aromatic rings. The van der Waals surface area contributed by atoms with Crippen LogP contribution in [0.25, 0.3) is 11.3 Å². The summed E-state index contributed by atoms with van der Waals surface area (Å²) in [6.45, 7) is 2.35. The Bertz CT molecular complexity index is 884. The number of anilines is 1. The maximum absolute atomic E-state index is 9.39. The highest BCUT2D eigenvalue weighted by molar-refractivity contribution is 7.14. The molecule has 0 aliphatic carbocycles. The highest BCUT2D eigenvalue weighted by Gasteiger charge is 2.13. The van der Waals surface area contributed by atoms with Crippen molar-refractivity contribution in [2.75, 3.05) is 12.0 Å². The molecule has 3 N–H and O–H groups in total. The van der Waals surface area contributed by atoms with Gasteiger partial charge in [-0.3, -0.25) is 5.43 Å². The van der Waals surface area contributed by atoms with Gasteiger partial charge in [0.2, 0.25) is 5.13 Å². The Hall–Kier alpha value is -2.68. The van der Waals surface area contributed by atoms with Crippen molar-refractivity contribution in [3.05, 3.63) is 59.5 Å². The van der Waals surface area contributed by atoms with E-state index in [2.05, 4.69) is 15.5 Å². The highest BCUT2D eigenvalue weighted by Crippen LogP contribution is 2.24. The molecule has 8 heteroatoms. The van der Waals surface area contributed by atoms with Crippen LogP contribution in [0.3, 0.4) is 0 Å². The highest BCUT2D eigenvalue weighted by atomic mass is 32.1. The Kier molecular flexibility index (Phi) is 6.01. The van der Waals surface area contributed by atoms with E-state index >= 15 is 0 Å². The van der Waals surface area contributed by atoms with Crippen LogP contribution in [-0.2, 0) is 0 Å². The van der Waals surface area contributed by atoms with Gasteiger partial charge in [-0.1, -0.05) is 36.4 Å². The van der Waals surface area contributed by atoms with Gasteiger partial charge in [-0.25, -0.2) is 4.98 Å². The van der Waals surface area contributed by atoms with Crippen molar-refractivity contribution < 1.29 is 14.8 Å². The quantitative estimate of drug-likeness (QED) is 0.339. The summed E-state index contributed by atoms with van der Waals surface area (Å²) in [5, 5.41) is 25.6. The van der Waals surface area contributed by atoms with Crippen LogP contribution in [0.1, 0.15) is 12.5 Å². The summed E-state index contributed by atoms with van der Waals surface area (Å²) in [4.78, 5) is 4.49. The molecule has 0 aliphatic rings. The van der Waals surface area contributed by atoms with Crippen molar-refractivity contribution in [3.8, 4) is 17.0 Å². The molecule has 1 heterocycles. The molecule has 2 aromatic carbocycles. The van der Waals surface area contributed by atoms with Crippen LogP contribution in [0.2, 0.25) is 0 Å². The third-order valence-electron chi connectivity index (χ3n) is 3.51. The lowest BCUT2D eigenvalue weighted by Gasteiger charge is -2.07. The fourth-order valence-corrected chi connectivity index (χ4v) is 3.02. The fourth-order valence-electron chi connectivity index (χ4n) is 2.35. The minimum absolute atomic E-state index is 0.345. The molecule has 3 rings (SSSR count). The first-order chi connectivity index (χ1) is 12.7. The summed E-state index contributed by atoms with van der Waals surface area (Å²) in [6.07, 6.45) is 1.58. The summed E-state index contributed by atoms with van der Waals surface area (Å²) >= 11 is 1.46. The van der Waals surface area contributed by atoms with E-state index in [0.717, 1.165) is 11.3 Å². The van der Waals surface area contributed by atoms with Gasteiger partial charge in [0.25, 0.3) is 0 Å². The zero-order chi connectivity index (χ0) is 18.4. The molecule has 26 heavy (non-hydrogen) atoms. The Balaban J connectivity index is 1.71. The molecule has 0 spiro atoms. The number of aromatic nitrogens is 1. The Morgan fingerprint density at radius 1 is 1.23 bits per heavy atom. The molecule has 0 atom stereocenters. The van der Waals surface area contributed by atoms with E-state index < -0.39 is 7.12 Å². The van der Waals surface area contributed by atoms with E-state index in [9.17, 15) is 10.0 Å². The lowest BCUT2D eigenvalue weighted by atomic mass is 9.79. The van der Waals surface area contributed by atoms with Crippen LogP contribution in [-0.4, -0.2) is 35.0 Å². The van der Waals surface area contributed by atoms with E-state index in [0.29, 0.717) is 28.5 Å². The molecule has 6 nitrogen and oxygen atoms in total. The van der Waals surface area contributed by atoms with Crippen molar-refractivity contribution in [1.29, 1.82) is 0 Å². The monoisotopic (exact) mass is 367 g/mol. The van der Waals surface area contributed by atoms with Gasteiger partial charge in [0.15, 0.2) is 0 Å². The summed E-state index contributed by atoms with van der Waals surface area (Å²) in [5.41, 5.74) is 5.86. The van der Waals surface area contributed by atoms with Gasteiger partial charge in [0.1, 0.15) is 5.75 Å². The summed E-state index contributed by atoms with van der Waals surface area (Å²) in [7, 11) is -1.57. The number of nitrogens with zero attached hydrogens (tertiary/aromatic N) is 2. The van der Waals surface area contributed by atoms with Gasteiger partial charge in [-0.2, -0.15) is 5.10 Å². The van der Waals surface area contributed by atoms with Gasteiger partial charge < -0.3 is 14.8 Å². The first-order valence-corrected chi connectivity index (χ1v) is 8.97. The molecular formula is C18H18BN3O3S. The topological polar surface area (TPSA) is 87.0 Å². The average molecular weight is 367 g/mol. The standard InChI is InChI=1S/C18H18BN3O3S/c1-2-25-16-9-13(8-15(10-16)19(23)24)11-20-22-18-21-17(12-26-18)14-6-4-3-5-7-14/h3-12,23-24H,2H2,1H3,(H,21,22). The maximum atomic E-state index is 9.39. The zero-order valence-electron chi connectivity index (χ0n) is 14.2. The second-order valence-corrected chi connectivity index (χ2v) is 6.27. The molecule has 0 bridgehead atoms. The largest absolute Gasteiger partial charge is 0.494 e. The molecule has 0 saturated carbocycles. The van der Waals surface area contributed by atoms with Crippen molar-refractivity contribution in [1.82, 2.24) is 4.98 Å². The Morgan fingerprint density at radius 2 is 2.04 bits per heavy atom. The minimum Gasteiger partial charge on any atom is -0.494 e. The normalized spacial score (nSPS) is 10.9. The Labute approximate surface area is 156 Å². The second-order valence-electron chi connectivity index (χ2n) is 5.42. The third-order valence-corrected chi connectivity index (χ3v) is 4.25. The number of nitrogens with one attached hydrogen (secondary N) is 1. The van der Waals surface area contributed by atoms with Crippen LogP contribution in [0.5, 0.6) is 5.75 Å². The van der Waals surface area contributed by atoms with Crippen molar-refractivity contribution in [2.24, 2.45) is 5.10 Å². The molecule has 0 fully saturated rings. The fraction of sp³-hybridized carbons (Fsp3) is 0.111. The smallest absolute Gasteiger partial charge is 0.488 e.